The van der Waals surface area contributed by atoms with Crippen molar-refractivity contribution >= 4 is 0 Å². The van der Waals surface area contributed by atoms with Gasteiger partial charge in [-0.15, -0.1) is 0 Å². The van der Waals surface area contributed by atoms with Gasteiger partial charge in [0.05, 0.1) is 6.61 Å². The van der Waals surface area contributed by atoms with E-state index in [1.54, 1.807) is 0 Å². The fraction of sp³-hybridized carbons (Fsp3) is 1.00. The van der Waals surface area contributed by atoms with E-state index in [1.165, 1.54) is 44.9 Å². The van der Waals surface area contributed by atoms with Crippen LogP contribution in [0.1, 0.15) is 71.6 Å². The highest BCUT2D eigenvalue weighted by molar-refractivity contribution is 5.03. The van der Waals surface area contributed by atoms with Crippen molar-refractivity contribution in [3.05, 3.63) is 0 Å². The van der Waals surface area contributed by atoms with Gasteiger partial charge in [0.1, 0.15) is 0 Å². The van der Waals surface area contributed by atoms with Crippen molar-refractivity contribution in [3.8, 4) is 0 Å². The van der Waals surface area contributed by atoms with E-state index in [2.05, 4.69) is 31.1 Å². The van der Waals surface area contributed by atoms with E-state index in [1.807, 2.05) is 0 Å². The third-order valence-corrected chi connectivity index (χ3v) is 6.43. The molecule has 3 aliphatic carbocycles. The third kappa shape index (κ3) is 3.62. The van der Waals surface area contributed by atoms with Crippen molar-refractivity contribution in [2.24, 2.45) is 5.41 Å². The Hall–Kier alpha value is -0.120. The van der Waals surface area contributed by atoms with E-state index >= 15 is 0 Å². The summed E-state index contributed by atoms with van der Waals surface area (Å²) in [5, 5.41) is 13.6. The molecule has 3 rings (SSSR count). The molecule has 2 atom stereocenters. The Kier molecular flexibility index (Phi) is 4.37. The fourth-order valence-electron chi connectivity index (χ4n) is 4.52. The van der Waals surface area contributed by atoms with Gasteiger partial charge in [-0.25, -0.2) is 0 Å². The van der Waals surface area contributed by atoms with Gasteiger partial charge in [0.2, 0.25) is 0 Å². The first-order chi connectivity index (χ1) is 9.93. The molecule has 0 radical (unpaired) electrons. The summed E-state index contributed by atoms with van der Waals surface area (Å²) in [6.07, 6.45) is 11.6. The molecule has 0 bridgehead atoms. The minimum Gasteiger partial charge on any atom is -0.394 e. The minimum absolute atomic E-state index is 0.0219. The first-order valence-electron chi connectivity index (χ1n) is 9.04. The standard InChI is InChI=1S/C18H34N2O/c1-17(2)9-6-15(7-10-17)20(3)16-8-11-18(12-16,13-21)19-14-4-5-14/h14-16,19,21H,4-13H2,1-3H3. The van der Waals surface area contributed by atoms with E-state index in [4.69, 9.17) is 0 Å². The van der Waals surface area contributed by atoms with E-state index in [9.17, 15) is 5.11 Å². The zero-order valence-corrected chi connectivity index (χ0v) is 14.2. The van der Waals surface area contributed by atoms with Gasteiger partial charge >= 0.3 is 0 Å². The van der Waals surface area contributed by atoms with Crippen LogP contribution in [0.5, 0.6) is 0 Å². The van der Waals surface area contributed by atoms with Crippen LogP contribution in [0.15, 0.2) is 0 Å². The Morgan fingerprint density at radius 3 is 2.19 bits per heavy atom. The average molecular weight is 294 g/mol. The molecular weight excluding hydrogens is 260 g/mol. The van der Waals surface area contributed by atoms with E-state index in [-0.39, 0.29) is 5.54 Å². The largest absolute Gasteiger partial charge is 0.394 e. The third-order valence-electron chi connectivity index (χ3n) is 6.43. The molecule has 0 aromatic heterocycles. The first-order valence-corrected chi connectivity index (χ1v) is 9.04. The van der Waals surface area contributed by atoms with Gasteiger partial charge in [0.15, 0.2) is 0 Å². The second-order valence-corrected chi connectivity index (χ2v) is 8.81. The molecular formula is C18H34N2O. The summed E-state index contributed by atoms with van der Waals surface area (Å²) in [5.74, 6) is 0. The summed E-state index contributed by atoms with van der Waals surface area (Å²) in [6, 6.07) is 2.12. The molecule has 2 unspecified atom stereocenters. The maximum absolute atomic E-state index is 9.89. The monoisotopic (exact) mass is 294 g/mol. The van der Waals surface area contributed by atoms with Gasteiger partial charge in [-0.1, -0.05) is 13.8 Å². The summed E-state index contributed by atoms with van der Waals surface area (Å²) in [5.41, 5.74) is 0.573. The van der Waals surface area contributed by atoms with E-state index < -0.39 is 0 Å². The smallest absolute Gasteiger partial charge is 0.0614 e. The lowest BCUT2D eigenvalue weighted by Gasteiger charge is -2.41. The summed E-state index contributed by atoms with van der Waals surface area (Å²) < 4.78 is 0. The molecule has 0 spiro atoms. The van der Waals surface area contributed by atoms with Gasteiger partial charge in [-0.3, -0.25) is 0 Å². The molecule has 122 valence electrons. The van der Waals surface area contributed by atoms with Crippen LogP contribution in [0.4, 0.5) is 0 Å². The molecule has 3 nitrogen and oxygen atoms in total. The van der Waals surface area contributed by atoms with Gasteiger partial charge in [-0.2, -0.15) is 0 Å². The van der Waals surface area contributed by atoms with E-state index in [0.29, 0.717) is 24.1 Å². The highest BCUT2D eigenvalue weighted by Crippen LogP contribution is 2.40. The lowest BCUT2D eigenvalue weighted by atomic mass is 9.75. The van der Waals surface area contributed by atoms with Crippen LogP contribution in [0.2, 0.25) is 0 Å². The van der Waals surface area contributed by atoms with Crippen molar-refractivity contribution in [2.75, 3.05) is 13.7 Å². The number of nitrogens with zero attached hydrogens (tertiary/aromatic N) is 1. The summed E-state index contributed by atoms with van der Waals surface area (Å²) in [6.45, 7) is 5.13. The molecule has 3 heteroatoms. The summed E-state index contributed by atoms with van der Waals surface area (Å²) in [4.78, 5) is 2.65. The van der Waals surface area contributed by atoms with Gasteiger partial charge in [0, 0.05) is 23.7 Å². The Bertz CT molecular complexity index is 356. The predicted octanol–water partition coefficient (Wildman–Crippen LogP) is 2.92. The highest BCUT2D eigenvalue weighted by atomic mass is 16.3. The number of aliphatic hydroxyl groups excluding tert-OH is 1. The molecule has 3 fully saturated rings. The SMILES string of the molecule is CN(C1CCC(C)(C)CC1)C1CCC(CO)(NC2CC2)C1. The van der Waals surface area contributed by atoms with Crippen molar-refractivity contribution in [3.63, 3.8) is 0 Å². The highest BCUT2D eigenvalue weighted by Gasteiger charge is 2.44. The Morgan fingerprint density at radius 1 is 1.00 bits per heavy atom. The number of nitrogens with one attached hydrogen (secondary N) is 1. The van der Waals surface area contributed by atoms with Crippen LogP contribution in [-0.4, -0.2) is 47.3 Å². The first kappa shape index (κ1) is 15.8. The molecule has 0 aromatic rings. The maximum atomic E-state index is 9.89. The fourth-order valence-corrected chi connectivity index (χ4v) is 4.52. The second-order valence-electron chi connectivity index (χ2n) is 8.81. The molecule has 21 heavy (non-hydrogen) atoms. The molecule has 0 aliphatic heterocycles. The topological polar surface area (TPSA) is 35.5 Å². The lowest BCUT2D eigenvalue weighted by Crippen LogP contribution is -2.50. The molecule has 2 N–H and O–H groups in total. The lowest BCUT2D eigenvalue weighted by molar-refractivity contribution is 0.0868. The summed E-state index contributed by atoms with van der Waals surface area (Å²) >= 11 is 0. The normalized spacial score (nSPS) is 37.3. The van der Waals surface area contributed by atoms with Crippen LogP contribution in [0.3, 0.4) is 0 Å². The predicted molar refractivity (Wildman–Crippen MR) is 87.4 cm³/mol. The number of hydrogen-bond acceptors (Lipinski definition) is 3. The molecule has 0 amide bonds. The van der Waals surface area contributed by atoms with Crippen LogP contribution >= 0.6 is 0 Å². The molecule has 0 aromatic carbocycles. The van der Waals surface area contributed by atoms with Crippen molar-refractivity contribution in [2.45, 2.75) is 95.3 Å². The number of aliphatic hydroxyl groups is 1. The Morgan fingerprint density at radius 2 is 1.62 bits per heavy atom. The Balaban J connectivity index is 1.55. The van der Waals surface area contributed by atoms with Crippen LogP contribution in [0.25, 0.3) is 0 Å². The van der Waals surface area contributed by atoms with Crippen LogP contribution in [-0.2, 0) is 0 Å². The number of rotatable bonds is 5. The van der Waals surface area contributed by atoms with Crippen molar-refractivity contribution in [1.82, 2.24) is 10.2 Å². The maximum Gasteiger partial charge on any atom is 0.0614 e. The number of hydrogen-bond donors (Lipinski definition) is 2. The quantitative estimate of drug-likeness (QED) is 0.818. The molecule has 0 saturated heterocycles. The van der Waals surface area contributed by atoms with Crippen LogP contribution in [0, 0.1) is 5.41 Å². The minimum atomic E-state index is 0.0219. The van der Waals surface area contributed by atoms with Gasteiger partial charge in [0.25, 0.3) is 0 Å². The van der Waals surface area contributed by atoms with Gasteiger partial charge in [-0.05, 0) is 70.3 Å². The average Bonchev–Trinajstić information content (AvgIpc) is 3.15. The Labute approximate surface area is 130 Å². The van der Waals surface area contributed by atoms with E-state index in [0.717, 1.165) is 18.9 Å². The molecule has 0 heterocycles. The van der Waals surface area contributed by atoms with Crippen LogP contribution < -0.4 is 5.32 Å². The summed E-state index contributed by atoms with van der Waals surface area (Å²) in [7, 11) is 2.33. The molecule has 3 aliphatic rings. The zero-order chi connectivity index (χ0) is 15.1. The zero-order valence-electron chi connectivity index (χ0n) is 14.2. The van der Waals surface area contributed by atoms with Crippen molar-refractivity contribution < 1.29 is 5.11 Å². The van der Waals surface area contributed by atoms with Crippen molar-refractivity contribution in [1.29, 1.82) is 0 Å². The molecule has 3 saturated carbocycles. The second kappa shape index (κ2) is 5.82. The van der Waals surface area contributed by atoms with Gasteiger partial charge < -0.3 is 15.3 Å².